The normalized spacial score (nSPS) is 10.8. The van der Waals surface area contributed by atoms with Gasteiger partial charge in [-0.1, -0.05) is 18.2 Å². The zero-order valence-electron chi connectivity index (χ0n) is 12.5. The Balaban J connectivity index is 1.85. The fraction of sp³-hybridized carbons (Fsp3) is 0.250. The summed E-state index contributed by atoms with van der Waals surface area (Å²) in [5.41, 5.74) is 4.49. The molecule has 0 fully saturated rings. The first kappa shape index (κ1) is 13.4. The van der Waals surface area contributed by atoms with E-state index in [1.807, 2.05) is 49.1 Å². The van der Waals surface area contributed by atoms with E-state index in [0.717, 1.165) is 29.4 Å². The maximum atomic E-state index is 4.65. The van der Waals surface area contributed by atoms with Gasteiger partial charge in [-0.25, -0.2) is 4.68 Å². The average Bonchev–Trinajstić information content (AvgIpc) is 3.02. The summed E-state index contributed by atoms with van der Waals surface area (Å²) in [4.78, 5) is 0. The lowest BCUT2D eigenvalue weighted by Gasteiger charge is -2.06. The molecule has 2 aromatic heterocycles. The maximum Gasteiger partial charge on any atom is 0.148 e. The maximum absolute atomic E-state index is 4.65. The Morgan fingerprint density at radius 3 is 2.48 bits per heavy atom. The number of benzene rings is 1. The quantitative estimate of drug-likeness (QED) is 0.800. The van der Waals surface area contributed by atoms with Crippen molar-refractivity contribution in [3.8, 4) is 5.69 Å². The minimum atomic E-state index is 0.724. The van der Waals surface area contributed by atoms with Crippen molar-refractivity contribution < 1.29 is 0 Å². The second-order valence-corrected chi connectivity index (χ2v) is 5.12. The van der Waals surface area contributed by atoms with Crippen LogP contribution in [0.15, 0.2) is 42.6 Å². The molecule has 0 spiro atoms. The lowest BCUT2D eigenvalue weighted by Crippen LogP contribution is -2.04. The van der Waals surface area contributed by atoms with Crippen molar-refractivity contribution in [2.45, 2.75) is 20.4 Å². The van der Waals surface area contributed by atoms with Crippen LogP contribution >= 0.6 is 0 Å². The Morgan fingerprint density at radius 1 is 1.05 bits per heavy atom. The predicted molar refractivity (Wildman–Crippen MR) is 83.6 cm³/mol. The van der Waals surface area contributed by atoms with Gasteiger partial charge in [0.15, 0.2) is 0 Å². The molecule has 3 rings (SSSR count). The van der Waals surface area contributed by atoms with Crippen LogP contribution in [-0.4, -0.2) is 19.6 Å². The minimum absolute atomic E-state index is 0.724. The highest BCUT2D eigenvalue weighted by molar-refractivity contribution is 5.40. The van der Waals surface area contributed by atoms with Crippen molar-refractivity contribution in [2.75, 3.05) is 5.32 Å². The van der Waals surface area contributed by atoms with Crippen molar-refractivity contribution in [2.24, 2.45) is 7.05 Å². The van der Waals surface area contributed by atoms with E-state index in [1.165, 1.54) is 5.56 Å². The van der Waals surface area contributed by atoms with E-state index in [-0.39, 0.29) is 0 Å². The standard InChI is InChI=1S/C16H19N5/c1-12-15(11-17-16-9-10-20(3)19-16)13(2)21(18-12)14-7-5-4-6-8-14/h4-10H,11H2,1-3H3,(H,17,19). The molecule has 0 aliphatic heterocycles. The van der Waals surface area contributed by atoms with Crippen molar-refractivity contribution in [3.05, 3.63) is 59.5 Å². The first-order valence-corrected chi connectivity index (χ1v) is 6.99. The fourth-order valence-electron chi connectivity index (χ4n) is 2.44. The van der Waals surface area contributed by atoms with Gasteiger partial charge in [0, 0.05) is 37.1 Å². The van der Waals surface area contributed by atoms with Gasteiger partial charge in [0.05, 0.1) is 11.4 Å². The highest BCUT2D eigenvalue weighted by Gasteiger charge is 2.12. The lowest BCUT2D eigenvalue weighted by molar-refractivity contribution is 0.768. The van der Waals surface area contributed by atoms with Crippen LogP contribution in [0.25, 0.3) is 5.69 Å². The summed E-state index contributed by atoms with van der Waals surface area (Å²) in [5, 5.41) is 12.3. The summed E-state index contributed by atoms with van der Waals surface area (Å²) < 4.78 is 3.78. The topological polar surface area (TPSA) is 47.7 Å². The Labute approximate surface area is 124 Å². The van der Waals surface area contributed by atoms with Gasteiger partial charge in [0.1, 0.15) is 5.82 Å². The molecule has 0 bridgehead atoms. The first-order valence-electron chi connectivity index (χ1n) is 6.99. The van der Waals surface area contributed by atoms with E-state index in [1.54, 1.807) is 4.68 Å². The number of rotatable bonds is 4. The predicted octanol–water partition coefficient (Wildman–Crippen LogP) is 2.83. The molecule has 21 heavy (non-hydrogen) atoms. The first-order chi connectivity index (χ1) is 10.1. The van der Waals surface area contributed by atoms with Gasteiger partial charge in [0.25, 0.3) is 0 Å². The third-order valence-electron chi connectivity index (χ3n) is 3.60. The van der Waals surface area contributed by atoms with Gasteiger partial charge in [0.2, 0.25) is 0 Å². The molecule has 2 heterocycles. The molecule has 1 N–H and O–H groups in total. The molecule has 0 saturated carbocycles. The molecule has 1 aromatic carbocycles. The summed E-state index contributed by atoms with van der Waals surface area (Å²) in [6.07, 6.45) is 1.93. The molecule has 0 unspecified atom stereocenters. The number of aromatic nitrogens is 4. The van der Waals surface area contributed by atoms with E-state index in [9.17, 15) is 0 Å². The number of nitrogens with zero attached hydrogens (tertiary/aromatic N) is 4. The van der Waals surface area contributed by atoms with Gasteiger partial charge in [-0.15, -0.1) is 0 Å². The lowest BCUT2D eigenvalue weighted by atomic mass is 10.2. The largest absolute Gasteiger partial charge is 0.364 e. The van der Waals surface area contributed by atoms with Gasteiger partial charge in [-0.3, -0.25) is 4.68 Å². The van der Waals surface area contributed by atoms with Crippen molar-refractivity contribution in [1.82, 2.24) is 19.6 Å². The molecular weight excluding hydrogens is 262 g/mol. The summed E-state index contributed by atoms with van der Waals surface area (Å²) >= 11 is 0. The summed E-state index contributed by atoms with van der Waals surface area (Å²) in [7, 11) is 1.91. The van der Waals surface area contributed by atoms with Gasteiger partial charge in [-0.2, -0.15) is 10.2 Å². The van der Waals surface area contributed by atoms with Crippen LogP contribution in [0.5, 0.6) is 0 Å². The summed E-state index contributed by atoms with van der Waals surface area (Å²) in [6, 6.07) is 12.2. The SMILES string of the molecule is Cc1nn(-c2ccccc2)c(C)c1CNc1ccn(C)n1. The molecular formula is C16H19N5. The number of aryl methyl sites for hydroxylation is 2. The van der Waals surface area contributed by atoms with Crippen LogP contribution < -0.4 is 5.32 Å². The monoisotopic (exact) mass is 281 g/mol. The Bertz CT molecular complexity index is 739. The Kier molecular flexibility index (Phi) is 3.48. The van der Waals surface area contributed by atoms with Crippen molar-refractivity contribution in [3.63, 3.8) is 0 Å². The van der Waals surface area contributed by atoms with Gasteiger partial charge >= 0.3 is 0 Å². The van der Waals surface area contributed by atoms with Crippen LogP contribution in [0.3, 0.4) is 0 Å². The Hall–Kier alpha value is -2.56. The van der Waals surface area contributed by atoms with Crippen molar-refractivity contribution >= 4 is 5.82 Å². The zero-order valence-corrected chi connectivity index (χ0v) is 12.5. The third-order valence-corrected chi connectivity index (χ3v) is 3.60. The van der Waals surface area contributed by atoms with Gasteiger partial charge in [-0.05, 0) is 26.0 Å². The minimum Gasteiger partial charge on any atom is -0.364 e. The molecule has 0 amide bonds. The average molecular weight is 281 g/mol. The number of para-hydroxylation sites is 1. The van der Waals surface area contributed by atoms with E-state index in [4.69, 9.17) is 0 Å². The number of hydrogen-bond acceptors (Lipinski definition) is 3. The summed E-state index contributed by atoms with van der Waals surface area (Å²) in [6.45, 7) is 4.87. The molecule has 5 heteroatoms. The van der Waals surface area contributed by atoms with Crippen LogP contribution in [0, 0.1) is 13.8 Å². The zero-order chi connectivity index (χ0) is 14.8. The van der Waals surface area contributed by atoms with E-state index >= 15 is 0 Å². The highest BCUT2D eigenvalue weighted by atomic mass is 15.3. The smallest absolute Gasteiger partial charge is 0.148 e. The van der Waals surface area contributed by atoms with E-state index in [0.29, 0.717) is 0 Å². The molecule has 5 nitrogen and oxygen atoms in total. The van der Waals surface area contributed by atoms with E-state index < -0.39 is 0 Å². The van der Waals surface area contributed by atoms with Crippen molar-refractivity contribution in [1.29, 1.82) is 0 Å². The molecule has 0 aliphatic rings. The van der Waals surface area contributed by atoms with E-state index in [2.05, 4.69) is 34.6 Å². The Morgan fingerprint density at radius 2 is 1.81 bits per heavy atom. The van der Waals surface area contributed by atoms with Crippen LogP contribution in [-0.2, 0) is 13.6 Å². The molecule has 0 atom stereocenters. The summed E-state index contributed by atoms with van der Waals surface area (Å²) in [5.74, 6) is 0.878. The number of anilines is 1. The van der Waals surface area contributed by atoms with Gasteiger partial charge < -0.3 is 5.32 Å². The fourth-order valence-corrected chi connectivity index (χ4v) is 2.44. The van der Waals surface area contributed by atoms with Crippen LogP contribution in [0.2, 0.25) is 0 Å². The molecule has 3 aromatic rings. The second kappa shape index (κ2) is 5.44. The molecule has 0 aliphatic carbocycles. The number of hydrogen-bond donors (Lipinski definition) is 1. The number of nitrogens with one attached hydrogen (secondary N) is 1. The molecule has 0 saturated heterocycles. The van der Waals surface area contributed by atoms with Crippen LogP contribution in [0.1, 0.15) is 17.0 Å². The molecule has 0 radical (unpaired) electrons. The third kappa shape index (κ3) is 2.67. The highest BCUT2D eigenvalue weighted by Crippen LogP contribution is 2.18. The van der Waals surface area contributed by atoms with Crippen LogP contribution in [0.4, 0.5) is 5.82 Å². The molecule has 108 valence electrons. The second-order valence-electron chi connectivity index (χ2n) is 5.12.